The average molecular weight is 1180 g/mol. The predicted molar refractivity (Wildman–Crippen MR) is 310 cm³/mol. The summed E-state index contributed by atoms with van der Waals surface area (Å²) >= 11 is 1.31. The second kappa shape index (κ2) is 32.6. The molecule has 25 nitrogen and oxygen atoms in total. The number of unbranched alkanes of at least 4 members (excludes halogenated alkanes) is 1. The fourth-order valence-electron chi connectivity index (χ4n) is 10.7. The van der Waals surface area contributed by atoms with Gasteiger partial charge in [0.15, 0.2) is 5.96 Å². The number of nitrogens with zero attached hydrogens (tertiary/aromatic N) is 4. The quantitative estimate of drug-likeness (QED) is 0.0264. The molecule has 2 aromatic rings. The Kier molecular flexibility index (Phi) is 26.2. The number of carboxylic acids is 1. The van der Waals surface area contributed by atoms with Crippen LogP contribution in [-0.4, -0.2) is 183 Å². The molecule has 3 aliphatic rings. The van der Waals surface area contributed by atoms with Crippen LogP contribution in [0.1, 0.15) is 122 Å². The first-order valence-electron chi connectivity index (χ1n) is 29.0. The number of carboxylic acid groups (broad SMARTS) is 1. The number of thiophene rings is 1. The molecular weight excluding hydrogens is 1090 g/mol. The van der Waals surface area contributed by atoms with Gasteiger partial charge in [0.1, 0.15) is 54.4 Å². The fourth-order valence-corrected chi connectivity index (χ4v) is 11.5. The molecule has 0 saturated carbocycles. The van der Waals surface area contributed by atoms with Gasteiger partial charge in [-0.15, -0.1) is 11.3 Å². The van der Waals surface area contributed by atoms with Gasteiger partial charge >= 0.3 is 5.97 Å². The molecular formula is C57H87N13O12S. The summed E-state index contributed by atoms with van der Waals surface area (Å²) in [6.45, 7) is 8.83. The molecule has 0 aliphatic carbocycles. The number of amides is 9. The van der Waals surface area contributed by atoms with Crippen LogP contribution in [0, 0.1) is 11.8 Å². The van der Waals surface area contributed by atoms with E-state index >= 15 is 0 Å². The molecule has 1 aromatic carbocycles. The first kappa shape index (κ1) is 66.6. The lowest BCUT2D eigenvalue weighted by molar-refractivity contribution is -0.150. The Hall–Kier alpha value is -7.19. The third kappa shape index (κ3) is 19.4. The van der Waals surface area contributed by atoms with Gasteiger partial charge in [0.25, 0.3) is 0 Å². The number of carbonyl (C=O) groups is 10. The maximum atomic E-state index is 14.6. The predicted octanol–water partition coefficient (Wildman–Crippen LogP) is -0.235. The van der Waals surface area contributed by atoms with Crippen molar-refractivity contribution >= 4 is 76.4 Å². The van der Waals surface area contributed by atoms with Gasteiger partial charge in [-0.25, -0.2) is 4.79 Å². The first-order chi connectivity index (χ1) is 39.5. The van der Waals surface area contributed by atoms with Crippen LogP contribution in [0.5, 0.6) is 0 Å². The summed E-state index contributed by atoms with van der Waals surface area (Å²) in [6, 6.07) is 0.743. The summed E-state index contributed by atoms with van der Waals surface area (Å²) in [4.78, 5) is 148. The normalized spacial score (nSPS) is 19.4. The highest BCUT2D eigenvalue weighted by atomic mass is 32.1. The molecule has 3 saturated heterocycles. The van der Waals surface area contributed by atoms with Crippen molar-refractivity contribution in [2.24, 2.45) is 34.0 Å². The highest BCUT2D eigenvalue weighted by Crippen LogP contribution is 2.25. The first-order valence-corrected chi connectivity index (χ1v) is 29.9. The van der Waals surface area contributed by atoms with Gasteiger partial charge < -0.3 is 74.0 Å². The Bertz CT molecular complexity index is 2570. The van der Waals surface area contributed by atoms with Crippen LogP contribution < -0.4 is 49.1 Å². The molecule has 0 radical (unpaired) electrons. The van der Waals surface area contributed by atoms with E-state index in [2.05, 4.69) is 36.9 Å². The summed E-state index contributed by atoms with van der Waals surface area (Å²) < 4.78 is 0. The Labute approximate surface area is 489 Å². The number of nitrogens with one attached hydrogen (secondary N) is 6. The molecule has 1 aromatic heterocycles. The van der Waals surface area contributed by atoms with Crippen molar-refractivity contribution in [3.8, 4) is 0 Å². The van der Waals surface area contributed by atoms with Crippen molar-refractivity contribution in [1.29, 1.82) is 0 Å². The fraction of sp³-hybridized carbons (Fsp3) is 0.632. The molecule has 458 valence electrons. The summed E-state index contributed by atoms with van der Waals surface area (Å²) in [6.07, 6.45) is 4.62. The Morgan fingerprint density at radius 3 is 1.72 bits per heavy atom. The monoisotopic (exact) mass is 1180 g/mol. The molecule has 10 atom stereocenters. The van der Waals surface area contributed by atoms with Gasteiger partial charge in [-0.05, 0) is 93.1 Å². The van der Waals surface area contributed by atoms with Gasteiger partial charge in [-0.1, -0.05) is 83.9 Å². The largest absolute Gasteiger partial charge is 0.480 e. The van der Waals surface area contributed by atoms with Crippen LogP contribution in [-0.2, 0) is 60.8 Å². The minimum atomic E-state index is -1.68. The molecule has 0 bridgehead atoms. The highest BCUT2D eigenvalue weighted by Gasteiger charge is 2.44. The average Bonchev–Trinajstić information content (AvgIpc) is 4.47. The lowest BCUT2D eigenvalue weighted by Gasteiger charge is -2.33. The molecule has 14 N–H and O–H groups in total. The summed E-state index contributed by atoms with van der Waals surface area (Å²) in [5, 5.41) is 38.6. The minimum Gasteiger partial charge on any atom is -0.480 e. The topological polar surface area (TPSA) is 383 Å². The number of aliphatic carboxylic acids is 1. The van der Waals surface area contributed by atoms with Crippen LogP contribution in [0.15, 0.2) is 52.8 Å². The van der Waals surface area contributed by atoms with Gasteiger partial charge in [0, 0.05) is 43.9 Å². The standard InChI is InChI=1S/C57H87N13O12S/c1-6-7-19-37(58)53(78)68-25-12-21-43(68)51(76)64-39(29-33(2)3)48(73)63-40(31-36-18-15-28-83-36)49(74)66-42(32-71)50(75)62-38(20-11-24-61-57(59)60)47(72)67-46(34(4)5)55(80)69-26-13-22-44(69)52(77)65-41(30-35-16-9-8-10-17-35)54(79)70-27-14-23-45(70)56(81)82/h8-10,15-18,28,33-34,37-46,71H,6-7,11-14,19-27,29-32,58H2,1-5H3,(H,62,75)(H,63,73)(H,64,76)(H,65,77)(H,66,74)(H,67,72)(H,81,82)(H4,59,60,61)/t37-,38-,39-,40-,41-,42-,43-,44-,45-,46-/m0/s1. The smallest absolute Gasteiger partial charge is 0.326 e. The minimum absolute atomic E-state index is 0.0361. The van der Waals surface area contributed by atoms with Crippen molar-refractivity contribution in [2.75, 3.05) is 32.8 Å². The highest BCUT2D eigenvalue weighted by molar-refractivity contribution is 7.09. The molecule has 0 spiro atoms. The summed E-state index contributed by atoms with van der Waals surface area (Å²) in [5.41, 5.74) is 18.0. The molecule has 9 amide bonds. The van der Waals surface area contributed by atoms with Gasteiger partial charge in [0.05, 0.1) is 12.6 Å². The lowest BCUT2D eigenvalue weighted by Crippen LogP contribution is -2.61. The Morgan fingerprint density at radius 2 is 1.17 bits per heavy atom. The molecule has 4 heterocycles. The Morgan fingerprint density at radius 1 is 0.627 bits per heavy atom. The van der Waals surface area contributed by atoms with E-state index in [1.165, 1.54) is 26.0 Å². The molecule has 0 unspecified atom stereocenters. The number of guanidine groups is 1. The van der Waals surface area contributed by atoms with Gasteiger partial charge in [-0.3, -0.25) is 48.1 Å². The summed E-state index contributed by atoms with van der Waals surface area (Å²) in [5.74, 6) is -8.11. The number of benzene rings is 1. The van der Waals surface area contributed by atoms with Crippen molar-refractivity contribution in [2.45, 2.75) is 185 Å². The Balaban J connectivity index is 1.30. The lowest BCUT2D eigenvalue weighted by atomic mass is 10.0. The van der Waals surface area contributed by atoms with E-state index in [1.54, 1.807) is 61.7 Å². The molecule has 83 heavy (non-hydrogen) atoms. The zero-order chi connectivity index (χ0) is 60.9. The van der Waals surface area contributed by atoms with Crippen molar-refractivity contribution in [3.63, 3.8) is 0 Å². The molecule has 3 aliphatic heterocycles. The van der Waals surface area contributed by atoms with Crippen LogP contribution in [0.25, 0.3) is 0 Å². The number of nitrogens with two attached hydrogens (primary N) is 3. The maximum Gasteiger partial charge on any atom is 0.326 e. The number of aliphatic imine (C=N–C) groups is 1. The van der Waals surface area contributed by atoms with E-state index in [9.17, 15) is 58.2 Å². The van der Waals surface area contributed by atoms with Crippen LogP contribution >= 0.6 is 11.3 Å². The number of hydrogen-bond acceptors (Lipinski definition) is 14. The molecule has 26 heteroatoms. The number of rotatable bonds is 31. The number of aliphatic hydroxyl groups is 1. The van der Waals surface area contributed by atoms with E-state index in [4.69, 9.17) is 17.2 Å². The van der Waals surface area contributed by atoms with E-state index in [1.807, 2.05) is 20.8 Å². The van der Waals surface area contributed by atoms with E-state index in [0.29, 0.717) is 43.5 Å². The third-order valence-corrected chi connectivity index (χ3v) is 16.1. The molecule has 5 rings (SSSR count). The maximum absolute atomic E-state index is 14.6. The number of carbonyl (C=O) groups excluding carboxylic acids is 9. The number of aliphatic hydroxyl groups excluding tert-OH is 1. The third-order valence-electron chi connectivity index (χ3n) is 15.2. The van der Waals surface area contributed by atoms with E-state index in [0.717, 1.165) is 18.4 Å². The van der Waals surface area contributed by atoms with E-state index < -0.39 is 126 Å². The van der Waals surface area contributed by atoms with Crippen molar-refractivity contribution < 1.29 is 58.2 Å². The van der Waals surface area contributed by atoms with Gasteiger partial charge in [0.2, 0.25) is 53.2 Å². The number of hydrogen-bond donors (Lipinski definition) is 11. The zero-order valence-electron chi connectivity index (χ0n) is 48.4. The van der Waals surface area contributed by atoms with Crippen molar-refractivity contribution in [1.82, 2.24) is 46.6 Å². The van der Waals surface area contributed by atoms with Gasteiger partial charge in [-0.2, -0.15) is 0 Å². The van der Waals surface area contributed by atoms with Crippen LogP contribution in [0.4, 0.5) is 0 Å². The zero-order valence-corrected chi connectivity index (χ0v) is 49.2. The second-order valence-corrected chi connectivity index (χ2v) is 23.5. The molecule has 3 fully saturated rings. The van der Waals surface area contributed by atoms with Crippen molar-refractivity contribution in [3.05, 3.63) is 58.3 Å². The van der Waals surface area contributed by atoms with E-state index in [-0.39, 0.29) is 82.4 Å². The SMILES string of the molecule is CCCC[C@H](N)C(=O)N1CCC[C@H]1C(=O)N[C@@H](CC(C)C)C(=O)N[C@@H](Cc1cccs1)C(=O)N[C@@H](CO)C(=O)N[C@@H](CCCN=C(N)N)C(=O)N[C@H](C(=O)N1CCC[C@H]1C(=O)N[C@@H](Cc1ccccc1)C(=O)N1CCC[C@H]1C(=O)O)C(C)C. The summed E-state index contributed by atoms with van der Waals surface area (Å²) in [7, 11) is 0. The number of likely N-dealkylation sites (tertiary alicyclic amines) is 3. The second-order valence-electron chi connectivity index (χ2n) is 22.4. The van der Waals surface area contributed by atoms with Crippen LogP contribution in [0.3, 0.4) is 0 Å². The van der Waals surface area contributed by atoms with Crippen LogP contribution in [0.2, 0.25) is 0 Å².